The van der Waals surface area contributed by atoms with E-state index < -0.39 is 11.7 Å². The first-order chi connectivity index (χ1) is 8.23. The summed E-state index contributed by atoms with van der Waals surface area (Å²) in [5.74, 6) is 0.503. The summed E-state index contributed by atoms with van der Waals surface area (Å²) in [5.41, 5.74) is 0.0672. The van der Waals surface area contributed by atoms with E-state index in [1.165, 1.54) is 7.11 Å². The molecule has 0 aromatic heterocycles. The van der Waals surface area contributed by atoms with Gasteiger partial charge in [-0.1, -0.05) is 11.6 Å². The zero-order valence-electron chi connectivity index (χ0n) is 10.6. The van der Waals surface area contributed by atoms with Crippen molar-refractivity contribution in [2.24, 2.45) is 0 Å². The summed E-state index contributed by atoms with van der Waals surface area (Å²) >= 11 is 8.05. The van der Waals surface area contributed by atoms with E-state index in [-0.39, 0.29) is 0 Å². The van der Waals surface area contributed by atoms with Crippen LogP contribution >= 0.6 is 34.2 Å². The van der Waals surface area contributed by atoms with Crippen molar-refractivity contribution in [2.75, 3.05) is 12.4 Å². The van der Waals surface area contributed by atoms with Gasteiger partial charge in [0.25, 0.3) is 0 Å². The van der Waals surface area contributed by atoms with Crippen LogP contribution in [0.1, 0.15) is 20.8 Å². The molecule has 0 unspecified atom stereocenters. The number of amides is 1. The molecule has 4 nitrogen and oxygen atoms in total. The van der Waals surface area contributed by atoms with Gasteiger partial charge in [-0.05, 0) is 49.4 Å². The number of carbonyl (C=O) groups is 1. The third-order valence-corrected chi connectivity index (χ3v) is 3.06. The van der Waals surface area contributed by atoms with Crippen molar-refractivity contribution >= 4 is 46.0 Å². The van der Waals surface area contributed by atoms with E-state index in [1.54, 1.807) is 32.9 Å². The fourth-order valence-corrected chi connectivity index (χ4v) is 2.22. The van der Waals surface area contributed by atoms with Crippen molar-refractivity contribution in [3.8, 4) is 5.75 Å². The van der Waals surface area contributed by atoms with E-state index in [0.717, 1.165) is 3.57 Å². The number of ether oxygens (including phenoxy) is 2. The second-order valence-electron chi connectivity index (χ2n) is 4.59. The number of nitrogens with one attached hydrogen (secondary N) is 1. The molecule has 0 bridgehead atoms. The molecule has 0 fully saturated rings. The van der Waals surface area contributed by atoms with Gasteiger partial charge in [-0.25, -0.2) is 4.79 Å². The van der Waals surface area contributed by atoms with Gasteiger partial charge in [0.15, 0.2) is 0 Å². The van der Waals surface area contributed by atoms with Gasteiger partial charge in [0.2, 0.25) is 0 Å². The fourth-order valence-electron chi connectivity index (χ4n) is 1.19. The number of halogens is 2. The number of anilines is 1. The Kier molecular flexibility index (Phi) is 5.10. The van der Waals surface area contributed by atoms with Gasteiger partial charge in [-0.3, -0.25) is 5.32 Å². The highest BCUT2D eigenvalue weighted by atomic mass is 127. The second kappa shape index (κ2) is 5.97. The van der Waals surface area contributed by atoms with Crippen LogP contribution in [0.5, 0.6) is 5.75 Å². The van der Waals surface area contributed by atoms with E-state index in [1.807, 2.05) is 0 Å². The zero-order valence-corrected chi connectivity index (χ0v) is 13.5. The molecule has 0 aliphatic heterocycles. The van der Waals surface area contributed by atoms with Crippen LogP contribution in [0.3, 0.4) is 0 Å². The van der Waals surface area contributed by atoms with Crippen molar-refractivity contribution in [3.63, 3.8) is 0 Å². The molecular formula is C12H15ClINO3. The number of hydrogen-bond donors (Lipinski definition) is 1. The Morgan fingerprint density at radius 1 is 1.39 bits per heavy atom. The molecule has 0 saturated carbocycles. The molecule has 0 spiro atoms. The van der Waals surface area contributed by atoms with Gasteiger partial charge in [-0.15, -0.1) is 0 Å². The van der Waals surface area contributed by atoms with E-state index in [0.29, 0.717) is 16.5 Å². The normalized spacial score (nSPS) is 11.0. The highest BCUT2D eigenvalue weighted by molar-refractivity contribution is 14.1. The van der Waals surface area contributed by atoms with E-state index in [4.69, 9.17) is 21.1 Å². The summed E-state index contributed by atoms with van der Waals surface area (Å²) in [6.45, 7) is 5.42. The first-order valence-corrected chi connectivity index (χ1v) is 6.71. The minimum absolute atomic E-state index is 0.497. The number of benzene rings is 1. The number of carbonyl (C=O) groups excluding carboxylic acids is 1. The minimum Gasteiger partial charge on any atom is -0.495 e. The van der Waals surface area contributed by atoms with Gasteiger partial charge in [0, 0.05) is 9.64 Å². The van der Waals surface area contributed by atoms with Gasteiger partial charge >= 0.3 is 6.09 Å². The Morgan fingerprint density at radius 2 is 2.00 bits per heavy atom. The molecule has 0 aliphatic rings. The van der Waals surface area contributed by atoms with Gasteiger partial charge in [-0.2, -0.15) is 0 Å². The number of hydrogen-bond acceptors (Lipinski definition) is 3. The number of rotatable bonds is 2. The lowest BCUT2D eigenvalue weighted by Crippen LogP contribution is -2.27. The molecule has 1 aromatic carbocycles. The molecule has 0 aliphatic carbocycles. The van der Waals surface area contributed by atoms with Crippen LogP contribution in [0.25, 0.3) is 0 Å². The lowest BCUT2D eigenvalue weighted by atomic mass is 10.2. The Bertz CT molecular complexity index is 457. The van der Waals surface area contributed by atoms with E-state index in [9.17, 15) is 4.79 Å². The topological polar surface area (TPSA) is 47.6 Å². The van der Waals surface area contributed by atoms with Crippen LogP contribution in [0.15, 0.2) is 12.1 Å². The molecule has 0 radical (unpaired) electrons. The van der Waals surface area contributed by atoms with Crippen LogP contribution in [0.4, 0.5) is 10.5 Å². The fraction of sp³-hybridized carbons (Fsp3) is 0.417. The van der Waals surface area contributed by atoms with Crippen molar-refractivity contribution in [1.82, 2.24) is 0 Å². The van der Waals surface area contributed by atoms with Crippen LogP contribution < -0.4 is 10.1 Å². The summed E-state index contributed by atoms with van der Waals surface area (Å²) in [5, 5.41) is 3.16. The Labute approximate surface area is 125 Å². The van der Waals surface area contributed by atoms with Gasteiger partial charge < -0.3 is 9.47 Å². The lowest BCUT2D eigenvalue weighted by molar-refractivity contribution is 0.0636. The minimum atomic E-state index is -0.536. The van der Waals surface area contributed by atoms with Crippen molar-refractivity contribution in [1.29, 1.82) is 0 Å². The molecule has 1 N–H and O–H groups in total. The smallest absolute Gasteiger partial charge is 0.412 e. The quantitative estimate of drug-likeness (QED) is 0.775. The molecule has 100 valence electrons. The largest absolute Gasteiger partial charge is 0.495 e. The molecule has 0 saturated heterocycles. The predicted octanol–water partition coefficient (Wildman–Crippen LogP) is 4.30. The molecular weight excluding hydrogens is 368 g/mol. The van der Waals surface area contributed by atoms with Crippen LogP contribution in [-0.2, 0) is 4.74 Å². The first-order valence-electron chi connectivity index (χ1n) is 5.26. The average Bonchev–Trinajstić information content (AvgIpc) is 2.19. The van der Waals surface area contributed by atoms with Crippen LogP contribution in [0, 0.1) is 3.57 Å². The molecule has 1 aromatic rings. The highest BCUT2D eigenvalue weighted by Crippen LogP contribution is 2.32. The van der Waals surface area contributed by atoms with Gasteiger partial charge in [0.05, 0.1) is 17.8 Å². The Balaban J connectivity index is 2.88. The Hall–Kier alpha value is -0.690. The average molecular weight is 384 g/mol. The second-order valence-corrected chi connectivity index (χ2v) is 6.16. The molecule has 1 rings (SSSR count). The van der Waals surface area contributed by atoms with Crippen LogP contribution in [-0.4, -0.2) is 18.8 Å². The van der Waals surface area contributed by atoms with Crippen molar-refractivity contribution < 1.29 is 14.3 Å². The SMILES string of the molecule is COc1cc(NC(=O)OC(C)(C)C)c(I)cc1Cl. The lowest BCUT2D eigenvalue weighted by Gasteiger charge is -2.20. The molecule has 6 heteroatoms. The zero-order chi connectivity index (χ0) is 13.9. The molecule has 0 heterocycles. The number of methoxy groups -OCH3 is 1. The molecule has 1 amide bonds. The summed E-state index contributed by atoms with van der Waals surface area (Å²) < 4.78 is 11.1. The molecule has 18 heavy (non-hydrogen) atoms. The summed E-state index contributed by atoms with van der Waals surface area (Å²) in [6, 6.07) is 3.38. The summed E-state index contributed by atoms with van der Waals surface area (Å²) in [4.78, 5) is 11.7. The van der Waals surface area contributed by atoms with Crippen molar-refractivity contribution in [3.05, 3.63) is 20.7 Å². The third-order valence-electron chi connectivity index (χ3n) is 1.88. The summed E-state index contributed by atoms with van der Waals surface area (Å²) in [7, 11) is 1.52. The monoisotopic (exact) mass is 383 g/mol. The van der Waals surface area contributed by atoms with E-state index in [2.05, 4.69) is 27.9 Å². The van der Waals surface area contributed by atoms with E-state index >= 15 is 0 Å². The predicted molar refractivity (Wildman–Crippen MR) is 80.6 cm³/mol. The third kappa shape index (κ3) is 4.53. The standard InChI is InChI=1S/C12H15ClINO3/c1-12(2,3)18-11(16)15-9-6-10(17-4)7(13)5-8(9)14/h5-6H,1-4H3,(H,15,16). The van der Waals surface area contributed by atoms with Crippen molar-refractivity contribution in [2.45, 2.75) is 26.4 Å². The maximum Gasteiger partial charge on any atom is 0.412 e. The Morgan fingerprint density at radius 3 is 2.50 bits per heavy atom. The first kappa shape index (κ1) is 15.4. The maximum atomic E-state index is 11.7. The maximum absolute atomic E-state index is 11.7. The summed E-state index contributed by atoms with van der Waals surface area (Å²) in [6.07, 6.45) is -0.509. The highest BCUT2D eigenvalue weighted by Gasteiger charge is 2.17. The molecule has 0 atom stereocenters. The van der Waals surface area contributed by atoms with Gasteiger partial charge in [0.1, 0.15) is 11.4 Å². The van der Waals surface area contributed by atoms with Crippen LogP contribution in [0.2, 0.25) is 5.02 Å².